The van der Waals surface area contributed by atoms with Crippen LogP contribution < -0.4 is 16.6 Å². The summed E-state index contributed by atoms with van der Waals surface area (Å²) in [5.41, 5.74) is 1.85. The van der Waals surface area contributed by atoms with Gasteiger partial charge in [0, 0.05) is 36.4 Å². The maximum Gasteiger partial charge on any atom is 0.413 e. The van der Waals surface area contributed by atoms with Crippen molar-refractivity contribution in [2.45, 2.75) is 37.8 Å². The van der Waals surface area contributed by atoms with Crippen molar-refractivity contribution < 1.29 is 22.7 Å². The molecule has 0 radical (unpaired) electrons. The highest BCUT2D eigenvalue weighted by atomic mass is 19.3. The Kier molecular flexibility index (Phi) is 4.49. The molecular weight excluding hydrogens is 401 g/mol. The van der Waals surface area contributed by atoms with Crippen molar-refractivity contribution in [2.24, 2.45) is 5.92 Å². The Morgan fingerprint density at radius 1 is 1.40 bits per heavy atom. The van der Waals surface area contributed by atoms with Crippen LogP contribution in [0.3, 0.4) is 0 Å². The predicted molar refractivity (Wildman–Crippen MR) is 101 cm³/mol. The molecule has 1 saturated carbocycles. The van der Waals surface area contributed by atoms with E-state index in [1.165, 1.54) is 18.5 Å². The van der Waals surface area contributed by atoms with Crippen LogP contribution in [-0.4, -0.2) is 21.6 Å². The first kappa shape index (κ1) is 19.8. The lowest BCUT2D eigenvalue weighted by Gasteiger charge is -2.38. The monoisotopic (exact) mass is 418 g/mol. The lowest BCUT2D eigenvalue weighted by Crippen LogP contribution is -2.50. The van der Waals surface area contributed by atoms with E-state index in [1.807, 2.05) is 0 Å². The number of hydrogen-bond donors (Lipinski definition) is 2. The molecule has 4 rings (SSSR count). The number of halogens is 3. The first-order valence-corrected chi connectivity index (χ1v) is 9.15. The van der Waals surface area contributed by atoms with E-state index in [-0.39, 0.29) is 35.1 Å². The molecular formula is C20H17F3N4O3. The summed E-state index contributed by atoms with van der Waals surface area (Å²) in [6.45, 7) is 0.326. The molecule has 0 unspecified atom stereocenters. The number of alkyl halides is 2. The third kappa shape index (κ3) is 3.36. The van der Waals surface area contributed by atoms with Crippen molar-refractivity contribution in [1.82, 2.24) is 9.55 Å². The number of nitrogen functional groups attached to an aromatic ring is 1. The van der Waals surface area contributed by atoms with Gasteiger partial charge in [0.15, 0.2) is 5.82 Å². The van der Waals surface area contributed by atoms with Crippen LogP contribution in [0.15, 0.2) is 29.3 Å². The Balaban J connectivity index is 1.84. The number of nitrogens with one attached hydrogen (secondary N) is 1. The Morgan fingerprint density at radius 2 is 2.13 bits per heavy atom. The molecule has 2 aromatic rings. The van der Waals surface area contributed by atoms with Crippen molar-refractivity contribution in [2.75, 3.05) is 11.1 Å². The number of nitrogens with zero attached hydrogens (tertiary/aromatic N) is 2. The normalized spacial score (nSPS) is 20.5. The van der Waals surface area contributed by atoms with E-state index in [0.717, 1.165) is 23.5 Å². The molecule has 1 atom stereocenters. The van der Waals surface area contributed by atoms with Gasteiger partial charge in [-0.25, -0.2) is 22.9 Å². The zero-order valence-electron chi connectivity index (χ0n) is 15.8. The van der Waals surface area contributed by atoms with Crippen LogP contribution >= 0.6 is 0 Å². The van der Waals surface area contributed by atoms with Gasteiger partial charge in [0.2, 0.25) is 0 Å². The number of amides is 1. The number of benzene rings is 1. The fraction of sp³-hybridized carbons (Fsp3) is 0.350. The summed E-state index contributed by atoms with van der Waals surface area (Å²) in [6, 6.07) is 2.05. The first-order chi connectivity index (χ1) is 14.1. The molecule has 156 valence electrons. The zero-order chi connectivity index (χ0) is 21.7. The maximum absolute atomic E-state index is 14.9. The standard InChI is InChI=1S/C20H17F3N4O3/c1-19(22,23)20(5-4-11-2-3-11)13-9-14(21)12(8-15(13)26-18(29)30-20)10-27-7-6-25-16(24)17(27)28/h6-9,11H,2-3,10H2,1H3,(H2,24,25)(H,26,29)/t20-/m0/s1. The molecule has 0 spiro atoms. The number of ether oxygens (including phenoxy) is 1. The minimum Gasteiger partial charge on any atom is -0.418 e. The molecule has 3 N–H and O–H groups in total. The fourth-order valence-electron chi connectivity index (χ4n) is 3.20. The summed E-state index contributed by atoms with van der Waals surface area (Å²) in [4.78, 5) is 27.8. The lowest BCUT2D eigenvalue weighted by molar-refractivity contribution is -0.142. The van der Waals surface area contributed by atoms with Gasteiger partial charge >= 0.3 is 6.09 Å². The number of fused-ring (bicyclic) bond motifs is 1. The summed E-state index contributed by atoms with van der Waals surface area (Å²) < 4.78 is 50.3. The van der Waals surface area contributed by atoms with Crippen molar-refractivity contribution in [3.8, 4) is 11.8 Å². The molecule has 1 aliphatic heterocycles. The van der Waals surface area contributed by atoms with Crippen molar-refractivity contribution in [3.05, 3.63) is 51.8 Å². The van der Waals surface area contributed by atoms with E-state index < -0.39 is 29.0 Å². The number of carbonyl (C=O) groups is 1. The van der Waals surface area contributed by atoms with E-state index in [0.29, 0.717) is 6.92 Å². The molecule has 0 saturated heterocycles. The van der Waals surface area contributed by atoms with E-state index in [1.54, 1.807) is 0 Å². The molecule has 7 nitrogen and oxygen atoms in total. The second-order valence-electron chi connectivity index (χ2n) is 7.36. The lowest BCUT2D eigenvalue weighted by atomic mass is 9.85. The first-order valence-electron chi connectivity index (χ1n) is 9.15. The molecule has 2 heterocycles. The van der Waals surface area contributed by atoms with Gasteiger partial charge in [0.25, 0.3) is 17.1 Å². The number of aromatic nitrogens is 2. The third-order valence-electron chi connectivity index (χ3n) is 4.98. The summed E-state index contributed by atoms with van der Waals surface area (Å²) >= 11 is 0. The molecule has 1 aliphatic carbocycles. The summed E-state index contributed by atoms with van der Waals surface area (Å²) in [5, 5.41) is 2.32. The van der Waals surface area contributed by atoms with E-state index in [2.05, 4.69) is 22.1 Å². The van der Waals surface area contributed by atoms with Gasteiger partial charge in [-0.05, 0) is 30.9 Å². The molecule has 1 fully saturated rings. The number of cyclic esters (lactones) is 1. The van der Waals surface area contributed by atoms with Crippen LogP contribution in [0.25, 0.3) is 0 Å². The van der Waals surface area contributed by atoms with Gasteiger partial charge in [-0.15, -0.1) is 0 Å². The van der Waals surface area contributed by atoms with Crippen molar-refractivity contribution >= 4 is 17.6 Å². The van der Waals surface area contributed by atoms with Gasteiger partial charge in [0.05, 0.1) is 12.2 Å². The quantitative estimate of drug-likeness (QED) is 0.747. The molecule has 1 aromatic carbocycles. The van der Waals surface area contributed by atoms with Crippen LogP contribution in [0.5, 0.6) is 0 Å². The Labute approximate surface area is 169 Å². The molecule has 2 aliphatic rings. The summed E-state index contributed by atoms with van der Waals surface area (Å²) in [7, 11) is 0. The maximum atomic E-state index is 14.9. The molecule has 0 bridgehead atoms. The zero-order valence-corrected chi connectivity index (χ0v) is 15.8. The second kappa shape index (κ2) is 6.79. The van der Waals surface area contributed by atoms with Gasteiger partial charge in [-0.2, -0.15) is 0 Å². The van der Waals surface area contributed by atoms with Crippen LogP contribution in [0.1, 0.15) is 30.9 Å². The number of carbonyl (C=O) groups excluding carboxylic acids is 1. The SMILES string of the molecule is CC(F)(F)[C@@]1(C#CC2CC2)OC(=O)Nc2cc(Cn3ccnc(N)c3=O)c(F)cc21. The van der Waals surface area contributed by atoms with E-state index in [4.69, 9.17) is 10.5 Å². The van der Waals surface area contributed by atoms with Crippen LogP contribution in [-0.2, 0) is 16.9 Å². The summed E-state index contributed by atoms with van der Waals surface area (Å²) in [5.74, 6) is 0.324. The van der Waals surface area contributed by atoms with Crippen molar-refractivity contribution in [3.63, 3.8) is 0 Å². The van der Waals surface area contributed by atoms with Crippen LogP contribution in [0.4, 0.5) is 29.5 Å². The fourth-order valence-corrected chi connectivity index (χ4v) is 3.20. The Hall–Kier alpha value is -3.48. The number of nitrogens with two attached hydrogens (primary N) is 1. The predicted octanol–water partition coefficient (Wildman–Crippen LogP) is 2.84. The highest BCUT2D eigenvalue weighted by Crippen LogP contribution is 2.47. The van der Waals surface area contributed by atoms with Crippen LogP contribution in [0.2, 0.25) is 0 Å². The van der Waals surface area contributed by atoms with Crippen molar-refractivity contribution in [1.29, 1.82) is 0 Å². The Morgan fingerprint density at radius 3 is 2.80 bits per heavy atom. The highest BCUT2D eigenvalue weighted by molar-refractivity contribution is 5.90. The average Bonchev–Trinajstić information content (AvgIpc) is 3.48. The molecule has 1 amide bonds. The smallest absolute Gasteiger partial charge is 0.413 e. The largest absolute Gasteiger partial charge is 0.418 e. The number of anilines is 2. The van der Waals surface area contributed by atoms with Crippen LogP contribution in [0, 0.1) is 23.6 Å². The second-order valence-corrected chi connectivity index (χ2v) is 7.36. The van der Waals surface area contributed by atoms with E-state index in [9.17, 15) is 22.8 Å². The van der Waals surface area contributed by atoms with Gasteiger partial charge in [-0.3, -0.25) is 10.1 Å². The number of rotatable bonds is 3. The minimum atomic E-state index is -3.61. The number of hydrogen-bond acceptors (Lipinski definition) is 5. The topological polar surface area (TPSA) is 99.2 Å². The Bertz CT molecular complexity index is 1160. The van der Waals surface area contributed by atoms with E-state index >= 15 is 0 Å². The van der Waals surface area contributed by atoms with Gasteiger partial charge in [-0.1, -0.05) is 5.92 Å². The van der Waals surface area contributed by atoms with Gasteiger partial charge < -0.3 is 15.0 Å². The third-order valence-corrected chi connectivity index (χ3v) is 4.98. The average molecular weight is 418 g/mol. The van der Waals surface area contributed by atoms with Gasteiger partial charge in [0.1, 0.15) is 5.82 Å². The highest BCUT2D eigenvalue weighted by Gasteiger charge is 2.58. The molecule has 30 heavy (non-hydrogen) atoms. The minimum absolute atomic E-state index is 0.0212. The molecule has 10 heteroatoms. The summed E-state index contributed by atoms with van der Waals surface area (Å²) in [6.07, 6.45) is 3.00. The molecule has 1 aromatic heterocycles.